The lowest BCUT2D eigenvalue weighted by Gasteiger charge is -2.23. The fraction of sp³-hybridized carbons (Fsp3) is 0.300. The molecule has 0 bridgehead atoms. The van der Waals surface area contributed by atoms with Gasteiger partial charge in [-0.15, -0.1) is 0 Å². The molecule has 0 aliphatic heterocycles. The van der Waals surface area contributed by atoms with Crippen molar-refractivity contribution in [2.24, 2.45) is 0 Å². The molecule has 0 saturated carbocycles. The Morgan fingerprint density at radius 1 is 1.33 bits per heavy atom. The van der Waals surface area contributed by atoms with Gasteiger partial charge >= 0.3 is 0 Å². The van der Waals surface area contributed by atoms with Gasteiger partial charge in [0.2, 0.25) is 0 Å². The van der Waals surface area contributed by atoms with Crippen LogP contribution in [0.3, 0.4) is 0 Å². The Balaban J connectivity index is 3.21. The summed E-state index contributed by atoms with van der Waals surface area (Å²) in [6.45, 7) is 0. The van der Waals surface area contributed by atoms with E-state index < -0.39 is 5.75 Å². The maximum absolute atomic E-state index is 11.7. The highest BCUT2D eigenvalue weighted by Gasteiger charge is 2.11. The first-order chi connectivity index (χ1) is 6.95. The summed E-state index contributed by atoms with van der Waals surface area (Å²) in [6, 6.07) is 4.45. The van der Waals surface area contributed by atoms with Crippen molar-refractivity contribution in [2.45, 2.75) is 0 Å². The third-order valence-corrected chi connectivity index (χ3v) is 1.98. The average Bonchev–Trinajstić information content (AvgIpc) is 2.16. The van der Waals surface area contributed by atoms with Crippen LogP contribution < -0.4 is 10.2 Å². The first kappa shape index (κ1) is 11.3. The topological polar surface area (TPSA) is 66.8 Å². The molecule has 0 saturated heterocycles. The van der Waals surface area contributed by atoms with Gasteiger partial charge in [-0.3, -0.25) is 15.1 Å². The van der Waals surface area contributed by atoms with Crippen molar-refractivity contribution in [1.82, 2.24) is 4.90 Å². The van der Waals surface area contributed by atoms with Gasteiger partial charge in [-0.1, -0.05) is 11.8 Å². The zero-order valence-electron chi connectivity index (χ0n) is 8.89. The monoisotopic (exact) mass is 209 g/mol. The van der Waals surface area contributed by atoms with Crippen molar-refractivity contribution < 1.29 is 15.1 Å². The third-order valence-electron chi connectivity index (χ3n) is 1.98. The van der Waals surface area contributed by atoms with Crippen LogP contribution in [0, 0.1) is 0 Å². The molecule has 0 radical (unpaired) electrons. The fourth-order valence-corrected chi connectivity index (χ4v) is 1.19. The van der Waals surface area contributed by atoms with E-state index in [1.54, 1.807) is 20.2 Å². The minimum atomic E-state index is -0.471. The predicted octanol–water partition coefficient (Wildman–Crippen LogP) is 0.287. The predicted molar refractivity (Wildman–Crippen MR) is 54.1 cm³/mol. The Morgan fingerprint density at radius 2 is 1.93 bits per heavy atom. The van der Waals surface area contributed by atoms with Gasteiger partial charge in [0.15, 0.2) is 0 Å². The van der Waals surface area contributed by atoms with E-state index in [4.69, 9.17) is 5.21 Å². The van der Waals surface area contributed by atoms with E-state index in [2.05, 4.69) is 0 Å². The molecule has 1 aromatic carbocycles. The van der Waals surface area contributed by atoms with Crippen LogP contribution in [0.4, 0.5) is 5.69 Å². The number of para-hydroxylation sites is 1. The number of carbonyl (C=O) groups excluding carboxylic acids is 1. The molecule has 5 nitrogen and oxygen atoms in total. The number of nitrogens with zero attached hydrogens (tertiary/aromatic N) is 2. The molecule has 1 aromatic rings. The molecule has 0 aromatic heterocycles. The van der Waals surface area contributed by atoms with Crippen LogP contribution in [-0.2, 0) is 0 Å². The van der Waals surface area contributed by atoms with E-state index in [9.17, 15) is 9.90 Å². The summed E-state index contributed by atoms with van der Waals surface area (Å²) in [5.41, 5.74) is 0.140. The smallest absolute Gasteiger partial charge is 0.252 e. The van der Waals surface area contributed by atoms with Crippen LogP contribution in [0.25, 0.3) is 0 Å². The standard InChI is InChI=1S/C10H14N2O3/c1-11(2)10(14)7-5-4-6-8(9(7)13)12(3)15/h4-6,13,15H,1-3H3/p-1. The summed E-state index contributed by atoms with van der Waals surface area (Å²) in [7, 11) is 4.47. The molecule has 0 aliphatic rings. The van der Waals surface area contributed by atoms with Gasteiger partial charge < -0.3 is 10.0 Å². The first-order valence-corrected chi connectivity index (χ1v) is 4.39. The number of hydroxylamine groups is 1. The lowest BCUT2D eigenvalue weighted by molar-refractivity contribution is -0.268. The summed E-state index contributed by atoms with van der Waals surface area (Å²) in [5, 5.41) is 21.6. The summed E-state index contributed by atoms with van der Waals surface area (Å²) >= 11 is 0. The zero-order chi connectivity index (χ0) is 11.6. The number of rotatable bonds is 2. The van der Waals surface area contributed by atoms with E-state index >= 15 is 0 Å². The Hall–Kier alpha value is -1.75. The molecule has 0 atom stereocenters. The van der Waals surface area contributed by atoms with Crippen molar-refractivity contribution in [3.63, 3.8) is 0 Å². The van der Waals surface area contributed by atoms with Gasteiger partial charge in [-0.2, -0.15) is 0 Å². The second-order valence-corrected chi connectivity index (χ2v) is 3.38. The number of hydrogen-bond acceptors (Lipinski definition) is 4. The van der Waals surface area contributed by atoms with Crippen molar-refractivity contribution in [1.29, 1.82) is 0 Å². The van der Waals surface area contributed by atoms with E-state index in [1.807, 2.05) is 0 Å². The highest BCUT2D eigenvalue weighted by molar-refractivity contribution is 5.98. The zero-order valence-corrected chi connectivity index (χ0v) is 8.89. The molecule has 0 aliphatic carbocycles. The van der Waals surface area contributed by atoms with Gasteiger partial charge in [0.05, 0.1) is 5.69 Å². The SMILES string of the molecule is CN(C)C(=O)c1cccc(N(C)O)c1[O-]. The summed E-state index contributed by atoms with van der Waals surface area (Å²) in [6.07, 6.45) is 0. The molecule has 82 valence electrons. The number of benzene rings is 1. The normalized spacial score (nSPS) is 9.87. The molecule has 0 heterocycles. The average molecular weight is 209 g/mol. The van der Waals surface area contributed by atoms with Crippen LogP contribution in [0.15, 0.2) is 18.2 Å². The Kier molecular flexibility index (Phi) is 3.16. The molecule has 1 N–H and O–H groups in total. The van der Waals surface area contributed by atoms with Crippen molar-refractivity contribution in [3.05, 3.63) is 23.8 Å². The number of amides is 1. The van der Waals surface area contributed by atoms with E-state index in [0.29, 0.717) is 5.06 Å². The number of carbonyl (C=O) groups is 1. The lowest BCUT2D eigenvalue weighted by atomic mass is 10.1. The summed E-state index contributed by atoms with van der Waals surface area (Å²) in [5.74, 6) is -0.843. The first-order valence-electron chi connectivity index (χ1n) is 4.39. The molecule has 5 heteroatoms. The molecule has 0 fully saturated rings. The molecule has 0 unspecified atom stereocenters. The highest BCUT2D eigenvalue weighted by atomic mass is 16.5. The molecule has 0 spiro atoms. The minimum Gasteiger partial charge on any atom is -0.870 e. The van der Waals surface area contributed by atoms with Gasteiger partial charge in [0, 0.05) is 26.7 Å². The van der Waals surface area contributed by atoms with Gasteiger partial charge in [0.1, 0.15) is 0 Å². The van der Waals surface area contributed by atoms with Gasteiger partial charge in [-0.25, -0.2) is 0 Å². The maximum atomic E-state index is 11.7. The van der Waals surface area contributed by atoms with Crippen LogP contribution >= 0.6 is 0 Å². The molecule has 1 amide bonds. The lowest BCUT2D eigenvalue weighted by Crippen LogP contribution is -2.24. The van der Waals surface area contributed by atoms with Crippen molar-refractivity contribution in [2.75, 3.05) is 26.2 Å². The fourth-order valence-electron chi connectivity index (χ4n) is 1.19. The van der Waals surface area contributed by atoms with Crippen LogP contribution in [-0.4, -0.2) is 37.2 Å². The summed E-state index contributed by atoms with van der Waals surface area (Å²) < 4.78 is 0. The largest absolute Gasteiger partial charge is 0.870 e. The Bertz CT molecular complexity index is 375. The van der Waals surface area contributed by atoms with Crippen molar-refractivity contribution >= 4 is 11.6 Å². The molecular formula is C10H13N2O3-. The summed E-state index contributed by atoms with van der Waals surface area (Å²) in [4.78, 5) is 12.9. The second kappa shape index (κ2) is 4.18. The number of anilines is 1. The van der Waals surface area contributed by atoms with Gasteiger partial charge in [-0.05, 0) is 12.1 Å². The molecule has 15 heavy (non-hydrogen) atoms. The van der Waals surface area contributed by atoms with Crippen LogP contribution in [0.5, 0.6) is 5.75 Å². The van der Waals surface area contributed by atoms with E-state index in [-0.39, 0.29) is 17.2 Å². The van der Waals surface area contributed by atoms with Gasteiger partial charge in [0.25, 0.3) is 5.91 Å². The third kappa shape index (κ3) is 2.19. The minimum absolute atomic E-state index is 0.0541. The number of hydrogen-bond donors (Lipinski definition) is 1. The second-order valence-electron chi connectivity index (χ2n) is 3.38. The maximum Gasteiger partial charge on any atom is 0.252 e. The highest BCUT2D eigenvalue weighted by Crippen LogP contribution is 2.27. The molecular weight excluding hydrogens is 196 g/mol. The Morgan fingerprint density at radius 3 is 2.40 bits per heavy atom. The quantitative estimate of drug-likeness (QED) is 0.711. The van der Waals surface area contributed by atoms with Crippen LogP contribution in [0.1, 0.15) is 10.4 Å². The van der Waals surface area contributed by atoms with Crippen LogP contribution in [0.2, 0.25) is 0 Å². The molecule has 1 rings (SSSR count). The Labute approximate surface area is 88.1 Å². The van der Waals surface area contributed by atoms with E-state index in [1.165, 1.54) is 24.1 Å². The van der Waals surface area contributed by atoms with E-state index in [0.717, 1.165) is 0 Å². The van der Waals surface area contributed by atoms with Crippen molar-refractivity contribution in [3.8, 4) is 5.75 Å².